The third-order valence-electron chi connectivity index (χ3n) is 4.59. The lowest BCUT2D eigenvalue weighted by Gasteiger charge is -2.40. The average molecular weight is 290 g/mol. The van der Waals surface area contributed by atoms with Gasteiger partial charge in [0.2, 0.25) is 0 Å². The summed E-state index contributed by atoms with van der Waals surface area (Å²) in [6, 6.07) is 0. The Balaban J connectivity index is 4.79. The molecule has 4 atom stereocenters. The molecule has 0 aliphatic rings. The van der Waals surface area contributed by atoms with Crippen LogP contribution in [0.25, 0.3) is 0 Å². The van der Waals surface area contributed by atoms with E-state index in [9.17, 15) is 20.4 Å². The van der Waals surface area contributed by atoms with E-state index in [1.165, 1.54) is 0 Å². The van der Waals surface area contributed by atoms with Crippen molar-refractivity contribution in [2.45, 2.75) is 73.2 Å². The van der Waals surface area contributed by atoms with E-state index >= 15 is 0 Å². The highest BCUT2D eigenvalue weighted by Crippen LogP contribution is 2.35. The molecule has 0 bridgehead atoms. The monoisotopic (exact) mass is 290 g/mol. The lowest BCUT2D eigenvalue weighted by atomic mass is 9.71. The van der Waals surface area contributed by atoms with Gasteiger partial charge < -0.3 is 20.4 Å². The molecular weight excluding hydrogens is 256 g/mol. The van der Waals surface area contributed by atoms with Gasteiger partial charge in [-0.2, -0.15) is 0 Å². The van der Waals surface area contributed by atoms with Crippen LogP contribution in [-0.4, -0.2) is 45.3 Å². The Hall–Kier alpha value is -0.160. The van der Waals surface area contributed by atoms with E-state index in [4.69, 9.17) is 0 Å². The predicted octanol–water partition coefficient (Wildman–Crippen LogP) is 1.80. The Kier molecular flexibility index (Phi) is 7.15. The topological polar surface area (TPSA) is 80.9 Å². The van der Waals surface area contributed by atoms with Crippen LogP contribution in [0.15, 0.2) is 0 Å². The lowest BCUT2D eigenvalue weighted by molar-refractivity contribution is -0.0922. The van der Waals surface area contributed by atoms with Crippen LogP contribution >= 0.6 is 0 Å². The highest BCUT2D eigenvalue weighted by molar-refractivity contribution is 4.90. The minimum absolute atomic E-state index is 0.0637. The van der Waals surface area contributed by atoms with Gasteiger partial charge in [0.25, 0.3) is 0 Å². The maximum absolute atomic E-state index is 10.4. The van der Waals surface area contributed by atoms with E-state index in [-0.39, 0.29) is 18.4 Å². The second-order valence-corrected chi connectivity index (χ2v) is 7.83. The number of rotatable bonds is 8. The molecule has 0 radical (unpaired) electrons. The van der Waals surface area contributed by atoms with Crippen molar-refractivity contribution in [2.75, 3.05) is 6.61 Å². The first-order chi connectivity index (χ1) is 8.87. The number of aliphatic hydroxyl groups excluding tert-OH is 4. The fourth-order valence-electron chi connectivity index (χ4n) is 2.70. The van der Waals surface area contributed by atoms with Gasteiger partial charge in [0.1, 0.15) is 0 Å². The molecule has 4 N–H and O–H groups in total. The van der Waals surface area contributed by atoms with Crippen molar-refractivity contribution in [3.8, 4) is 0 Å². The van der Waals surface area contributed by atoms with Crippen LogP contribution in [0, 0.1) is 22.7 Å². The number of aliphatic hydroxyl groups is 4. The summed E-state index contributed by atoms with van der Waals surface area (Å²) in [7, 11) is 0. The number of hydrogen-bond donors (Lipinski definition) is 4. The molecule has 0 amide bonds. The van der Waals surface area contributed by atoms with Crippen LogP contribution < -0.4 is 0 Å². The van der Waals surface area contributed by atoms with Gasteiger partial charge in [-0.25, -0.2) is 0 Å². The summed E-state index contributed by atoms with van der Waals surface area (Å²) in [5.41, 5.74) is -1.23. The smallest absolute Gasteiger partial charge is 0.0639 e. The van der Waals surface area contributed by atoms with E-state index in [0.717, 1.165) is 0 Å². The molecular formula is C16H34O4. The second-order valence-electron chi connectivity index (χ2n) is 7.83. The van der Waals surface area contributed by atoms with Crippen LogP contribution in [-0.2, 0) is 0 Å². The molecule has 0 aromatic rings. The molecule has 4 heteroatoms. The van der Waals surface area contributed by atoms with Crippen molar-refractivity contribution in [1.82, 2.24) is 0 Å². The first-order valence-electron chi connectivity index (χ1n) is 7.53. The zero-order valence-electron chi connectivity index (χ0n) is 14.1. The molecule has 0 aliphatic carbocycles. The Labute approximate surface area is 123 Å². The summed E-state index contributed by atoms with van der Waals surface area (Å²) >= 11 is 0. The van der Waals surface area contributed by atoms with Crippen molar-refractivity contribution in [3.05, 3.63) is 0 Å². The second kappa shape index (κ2) is 7.21. The fraction of sp³-hybridized carbons (Fsp3) is 1.00. The molecule has 0 aliphatic heterocycles. The van der Waals surface area contributed by atoms with Crippen molar-refractivity contribution in [2.24, 2.45) is 22.7 Å². The maximum Gasteiger partial charge on any atom is 0.0639 e. The molecule has 122 valence electrons. The third kappa shape index (κ3) is 4.69. The zero-order valence-corrected chi connectivity index (χ0v) is 14.1. The van der Waals surface area contributed by atoms with E-state index in [0.29, 0.717) is 6.42 Å². The molecule has 0 fully saturated rings. The first kappa shape index (κ1) is 19.8. The fourth-order valence-corrected chi connectivity index (χ4v) is 2.70. The van der Waals surface area contributed by atoms with Crippen LogP contribution in [0.4, 0.5) is 0 Å². The van der Waals surface area contributed by atoms with E-state index in [2.05, 4.69) is 0 Å². The van der Waals surface area contributed by atoms with Crippen molar-refractivity contribution in [3.63, 3.8) is 0 Å². The van der Waals surface area contributed by atoms with Gasteiger partial charge in [-0.05, 0) is 18.3 Å². The summed E-state index contributed by atoms with van der Waals surface area (Å²) in [4.78, 5) is 0. The summed E-state index contributed by atoms with van der Waals surface area (Å²) < 4.78 is 0. The summed E-state index contributed by atoms with van der Waals surface area (Å²) in [6.45, 7) is 12.9. The van der Waals surface area contributed by atoms with Crippen LogP contribution in [0.5, 0.6) is 0 Å². The standard InChI is InChI=1S/C16H34O4/c1-10(2)13(19)16(6,7)12(18)8-11(3)14(20)15(4,5)9-17/h10-14,17-20H,8-9H2,1-7H3. The molecule has 4 unspecified atom stereocenters. The SMILES string of the molecule is CC(C)C(O)C(C)(C)C(O)CC(C)C(O)C(C)(C)CO. The number of hydrogen-bond acceptors (Lipinski definition) is 4. The summed E-state index contributed by atoms with van der Waals surface area (Å²) in [5, 5.41) is 40.2. The largest absolute Gasteiger partial charge is 0.396 e. The first-order valence-corrected chi connectivity index (χ1v) is 7.53. The molecule has 0 rings (SSSR count). The Morgan fingerprint density at radius 1 is 0.850 bits per heavy atom. The summed E-state index contributed by atoms with van der Waals surface area (Å²) in [6.07, 6.45) is -1.62. The predicted molar refractivity (Wildman–Crippen MR) is 81.3 cm³/mol. The minimum Gasteiger partial charge on any atom is -0.396 e. The summed E-state index contributed by atoms with van der Waals surface area (Å²) in [5.74, 6) is -0.0976. The molecule has 4 nitrogen and oxygen atoms in total. The van der Waals surface area contributed by atoms with Gasteiger partial charge in [-0.3, -0.25) is 0 Å². The highest BCUT2D eigenvalue weighted by atomic mass is 16.3. The van der Waals surface area contributed by atoms with Gasteiger partial charge in [0, 0.05) is 10.8 Å². The van der Waals surface area contributed by atoms with E-state index in [1.54, 1.807) is 13.8 Å². The van der Waals surface area contributed by atoms with Gasteiger partial charge in [0.05, 0.1) is 24.9 Å². The third-order valence-corrected chi connectivity index (χ3v) is 4.59. The molecule has 20 heavy (non-hydrogen) atoms. The molecule has 0 saturated carbocycles. The van der Waals surface area contributed by atoms with Crippen LogP contribution in [0.1, 0.15) is 54.9 Å². The van der Waals surface area contributed by atoms with Crippen molar-refractivity contribution < 1.29 is 20.4 Å². The lowest BCUT2D eigenvalue weighted by Crippen LogP contribution is -2.46. The van der Waals surface area contributed by atoms with Gasteiger partial charge in [-0.1, -0.05) is 48.5 Å². The van der Waals surface area contributed by atoms with E-state index < -0.39 is 29.1 Å². The quantitative estimate of drug-likeness (QED) is 0.549. The average Bonchev–Trinajstić information content (AvgIpc) is 2.36. The molecule has 0 spiro atoms. The van der Waals surface area contributed by atoms with Crippen molar-refractivity contribution in [1.29, 1.82) is 0 Å². The van der Waals surface area contributed by atoms with E-state index in [1.807, 2.05) is 34.6 Å². The van der Waals surface area contributed by atoms with Crippen LogP contribution in [0.3, 0.4) is 0 Å². The Morgan fingerprint density at radius 3 is 1.65 bits per heavy atom. The minimum atomic E-state index is -0.709. The van der Waals surface area contributed by atoms with Gasteiger partial charge in [-0.15, -0.1) is 0 Å². The molecule has 0 aromatic heterocycles. The molecule has 0 aromatic carbocycles. The van der Waals surface area contributed by atoms with Gasteiger partial charge >= 0.3 is 0 Å². The van der Waals surface area contributed by atoms with Gasteiger partial charge in [0.15, 0.2) is 0 Å². The molecule has 0 heterocycles. The van der Waals surface area contributed by atoms with Crippen LogP contribution in [0.2, 0.25) is 0 Å². The van der Waals surface area contributed by atoms with Crippen molar-refractivity contribution >= 4 is 0 Å². The molecule has 0 saturated heterocycles. The normalized spacial score (nSPS) is 19.8. The highest BCUT2D eigenvalue weighted by Gasteiger charge is 2.40. The maximum atomic E-state index is 10.4. The Morgan fingerprint density at radius 2 is 1.30 bits per heavy atom. The Bertz CT molecular complexity index is 286. The zero-order chi connectivity index (χ0) is 16.3.